The Morgan fingerprint density at radius 1 is 0.354 bits per heavy atom. The molecule has 82 heavy (non-hydrogen) atoms. The molecule has 0 radical (unpaired) electrons. The highest BCUT2D eigenvalue weighted by Gasteiger charge is 2.53. The van der Waals surface area contributed by atoms with Crippen LogP contribution in [0.15, 0.2) is 277 Å². The van der Waals surface area contributed by atoms with Crippen LogP contribution in [0, 0.1) is 18.3 Å². The van der Waals surface area contributed by atoms with Crippen LogP contribution in [0.25, 0.3) is 22.3 Å². The summed E-state index contributed by atoms with van der Waals surface area (Å²) in [6.07, 6.45) is 32.0. The monoisotopic (exact) mass is 1060 g/mol. The third-order valence-electron chi connectivity index (χ3n) is 17.3. The van der Waals surface area contributed by atoms with E-state index < -0.39 is 5.41 Å². The average molecular weight is 1060 g/mol. The van der Waals surface area contributed by atoms with Crippen molar-refractivity contribution in [3.05, 3.63) is 310 Å². The fraction of sp³-hybridized carbons (Fsp3) is 0.156. The van der Waals surface area contributed by atoms with E-state index in [1.807, 2.05) is 18.2 Å². The van der Waals surface area contributed by atoms with Crippen molar-refractivity contribution >= 4 is 45.5 Å². The molecule has 1 atom stereocenters. The van der Waals surface area contributed by atoms with E-state index in [0.29, 0.717) is 5.56 Å². The Morgan fingerprint density at radius 3 is 1.15 bits per heavy atom. The van der Waals surface area contributed by atoms with Gasteiger partial charge in [-0.1, -0.05) is 126 Å². The molecule has 5 nitrogen and oxygen atoms in total. The van der Waals surface area contributed by atoms with E-state index in [-0.39, 0.29) is 0 Å². The maximum Gasteiger partial charge on any atom is 0.0992 e. The summed E-state index contributed by atoms with van der Waals surface area (Å²) >= 11 is 0. The van der Waals surface area contributed by atoms with Crippen LogP contribution in [0.1, 0.15) is 98.6 Å². The van der Waals surface area contributed by atoms with Gasteiger partial charge in [0.25, 0.3) is 0 Å². The summed E-state index contributed by atoms with van der Waals surface area (Å²) in [6.45, 7) is 6.73. The number of allylic oxidation sites excluding steroid dienone is 12. The number of aryl methyl sites for hydroxylation is 1. The highest BCUT2D eigenvalue weighted by Crippen LogP contribution is 2.65. The second kappa shape index (κ2) is 21.1. The van der Waals surface area contributed by atoms with Crippen molar-refractivity contribution < 1.29 is 0 Å². The molecule has 0 N–H and O–H groups in total. The Morgan fingerprint density at radius 2 is 0.744 bits per heavy atom. The summed E-state index contributed by atoms with van der Waals surface area (Å²) < 4.78 is 0. The fourth-order valence-electron chi connectivity index (χ4n) is 13.7. The van der Waals surface area contributed by atoms with E-state index in [9.17, 15) is 5.26 Å². The molecule has 398 valence electrons. The van der Waals surface area contributed by atoms with Gasteiger partial charge in [-0.25, -0.2) is 0 Å². The van der Waals surface area contributed by atoms with Crippen molar-refractivity contribution in [1.82, 2.24) is 0 Å². The SMILES string of the molecule is CC1=CC(N(C2=CCCC=C2)c2ccc3c(c2)C2(c4cc(N(C5=CCCC=C5)C5=CCCC(C)=C5)ccc4-c4ccc(N(c5ccccc5)c5cccc(C#N)c5)cc42)c2cc(N(c4ccccc4)c4cccc(C)c4)ccc2-3)=CCC1. The lowest BCUT2D eigenvalue weighted by atomic mass is 9.70. The molecule has 6 aliphatic carbocycles. The first-order valence-electron chi connectivity index (χ1n) is 29.3. The summed E-state index contributed by atoms with van der Waals surface area (Å²) in [4.78, 5) is 9.79. The third kappa shape index (κ3) is 8.78. The van der Waals surface area contributed by atoms with Gasteiger partial charge in [-0.3, -0.25) is 0 Å². The van der Waals surface area contributed by atoms with E-state index in [2.05, 4.69) is 271 Å². The minimum Gasteiger partial charge on any atom is -0.311 e. The molecule has 8 aromatic carbocycles. The molecule has 5 heteroatoms. The maximum absolute atomic E-state index is 10.3. The van der Waals surface area contributed by atoms with E-state index in [1.165, 1.54) is 84.0 Å². The van der Waals surface area contributed by atoms with Gasteiger partial charge in [0.1, 0.15) is 0 Å². The van der Waals surface area contributed by atoms with Crippen LogP contribution in [-0.4, -0.2) is 0 Å². The van der Waals surface area contributed by atoms with Gasteiger partial charge >= 0.3 is 0 Å². The van der Waals surface area contributed by atoms with Crippen LogP contribution in [0.5, 0.6) is 0 Å². The van der Waals surface area contributed by atoms with Crippen molar-refractivity contribution in [2.45, 2.75) is 77.6 Å². The third-order valence-corrected chi connectivity index (χ3v) is 17.3. The molecule has 6 aliphatic rings. The molecule has 0 fully saturated rings. The van der Waals surface area contributed by atoms with Crippen molar-refractivity contribution in [3.8, 4) is 28.3 Å². The highest BCUT2D eigenvalue weighted by atomic mass is 15.2. The number of hydrogen-bond donors (Lipinski definition) is 0. The molecule has 0 heterocycles. The average Bonchev–Trinajstić information content (AvgIpc) is 3.02. The molecular formula is C77H65N5. The topological polar surface area (TPSA) is 36.8 Å². The Kier molecular flexibility index (Phi) is 13.0. The Balaban J connectivity index is 1.10. The second-order valence-corrected chi connectivity index (χ2v) is 22.7. The Bertz CT molecular complexity index is 4090. The molecule has 0 aromatic heterocycles. The van der Waals surface area contributed by atoms with Gasteiger partial charge < -0.3 is 19.6 Å². The fourth-order valence-corrected chi connectivity index (χ4v) is 13.7. The van der Waals surface area contributed by atoms with Gasteiger partial charge in [-0.15, -0.1) is 0 Å². The normalized spacial score (nSPS) is 17.2. The number of fused-ring (bicyclic) bond motifs is 10. The van der Waals surface area contributed by atoms with Crippen LogP contribution in [0.2, 0.25) is 0 Å². The first-order chi connectivity index (χ1) is 40.3. The lowest BCUT2D eigenvalue weighted by Gasteiger charge is -2.36. The number of benzene rings is 8. The zero-order valence-corrected chi connectivity index (χ0v) is 47.0. The molecule has 8 aromatic rings. The summed E-state index contributed by atoms with van der Waals surface area (Å²) in [6, 6.07) is 69.9. The molecular weight excluding hydrogens is 995 g/mol. The van der Waals surface area contributed by atoms with E-state index >= 15 is 0 Å². The number of para-hydroxylation sites is 2. The molecule has 0 saturated heterocycles. The first kappa shape index (κ1) is 50.6. The molecule has 0 aliphatic heterocycles. The lowest BCUT2D eigenvalue weighted by Crippen LogP contribution is -2.28. The number of hydrogen-bond acceptors (Lipinski definition) is 5. The second-order valence-electron chi connectivity index (χ2n) is 22.7. The van der Waals surface area contributed by atoms with Gasteiger partial charge in [0.15, 0.2) is 0 Å². The quantitative estimate of drug-likeness (QED) is 0.122. The van der Waals surface area contributed by atoms with Crippen LogP contribution in [-0.2, 0) is 5.41 Å². The summed E-state index contributed by atoms with van der Waals surface area (Å²) in [5.41, 5.74) is 27.0. The number of rotatable bonds is 12. The van der Waals surface area contributed by atoms with E-state index in [4.69, 9.17) is 0 Å². The minimum atomic E-state index is -0.830. The van der Waals surface area contributed by atoms with Crippen LogP contribution in [0.3, 0.4) is 0 Å². The Hall–Kier alpha value is -9.63. The predicted octanol–water partition coefficient (Wildman–Crippen LogP) is 20.5. The number of nitrogens with zero attached hydrogens (tertiary/aromatic N) is 5. The first-order valence-corrected chi connectivity index (χ1v) is 29.3. The van der Waals surface area contributed by atoms with E-state index in [1.54, 1.807) is 0 Å². The molecule has 1 spiro atoms. The van der Waals surface area contributed by atoms with Gasteiger partial charge in [0.05, 0.1) is 17.0 Å². The van der Waals surface area contributed by atoms with Crippen molar-refractivity contribution in [2.75, 3.05) is 19.6 Å². The van der Waals surface area contributed by atoms with Crippen molar-refractivity contribution in [3.63, 3.8) is 0 Å². The zero-order valence-electron chi connectivity index (χ0n) is 47.0. The summed E-state index contributed by atoms with van der Waals surface area (Å²) in [7, 11) is 0. The Labute approximate surface area is 483 Å². The van der Waals surface area contributed by atoms with Crippen LogP contribution < -0.4 is 19.6 Å². The van der Waals surface area contributed by atoms with Gasteiger partial charge in [-0.05, 0) is 250 Å². The maximum atomic E-state index is 10.3. The van der Waals surface area contributed by atoms with Crippen LogP contribution in [0.4, 0.5) is 45.5 Å². The molecule has 0 amide bonds. The number of anilines is 8. The molecule has 0 saturated carbocycles. The molecule has 14 rings (SSSR count). The van der Waals surface area contributed by atoms with Gasteiger partial charge in [-0.2, -0.15) is 5.26 Å². The standard InChI is InChI=1S/C77H65N5/c1-53-20-16-32-61(44-53)79(57-24-8-4-9-25-57)65-36-40-69-70-41-37-66(80(58-26-10-5-11-27-58)62-33-17-21-54(2)45-62)49-74(70)77(73(69)48-65)75-50-67(81(59-28-12-6-13-29-59)63-34-18-22-55(3)46-63)38-42-71(75)72-43-39-68(51-76(72)77)82(60-30-14-7-15-31-60)64-35-19-23-56(47-64)52-78/h4,7-10,12,14-16,19-20,23-51H,5-6,11,13,17-18,21-22H2,1-3H3. The largest absolute Gasteiger partial charge is 0.311 e. The summed E-state index contributed by atoms with van der Waals surface area (Å²) in [5.74, 6) is 0. The van der Waals surface area contributed by atoms with Gasteiger partial charge in [0.2, 0.25) is 0 Å². The predicted molar refractivity (Wildman–Crippen MR) is 342 cm³/mol. The minimum absolute atomic E-state index is 0.613. The smallest absolute Gasteiger partial charge is 0.0992 e. The van der Waals surface area contributed by atoms with Crippen molar-refractivity contribution in [2.24, 2.45) is 0 Å². The van der Waals surface area contributed by atoms with Crippen molar-refractivity contribution in [1.29, 1.82) is 5.26 Å². The van der Waals surface area contributed by atoms with Gasteiger partial charge in [0, 0.05) is 68.3 Å². The van der Waals surface area contributed by atoms with Crippen LogP contribution >= 0.6 is 0 Å². The molecule has 1 unspecified atom stereocenters. The van der Waals surface area contributed by atoms with E-state index in [0.717, 1.165) is 96.9 Å². The summed E-state index contributed by atoms with van der Waals surface area (Å²) in [5, 5.41) is 10.3. The number of nitriles is 1. The highest BCUT2D eigenvalue weighted by molar-refractivity contribution is 5.99. The molecule has 0 bridgehead atoms. The lowest BCUT2D eigenvalue weighted by molar-refractivity contribution is 0.792. The zero-order chi connectivity index (χ0) is 55.3.